The zero-order valence-electron chi connectivity index (χ0n) is 21.8. The number of sulfonamides is 1. The summed E-state index contributed by atoms with van der Waals surface area (Å²) in [6.45, 7) is 5.47. The number of carbonyl (C=O) groups is 2. The minimum absolute atomic E-state index is 0.0194. The maximum atomic E-state index is 13.9. The number of halogens is 3. The fourth-order valence-corrected chi connectivity index (χ4v) is 5.75. The molecule has 0 saturated carbocycles. The highest BCUT2D eigenvalue weighted by Crippen LogP contribution is 2.27. The molecule has 39 heavy (non-hydrogen) atoms. The molecule has 0 aromatic heterocycles. The molecule has 0 heterocycles. The van der Waals surface area contributed by atoms with Crippen LogP contribution in [0.5, 0.6) is 0 Å². The molecule has 0 spiro atoms. The second kappa shape index (κ2) is 13.7. The summed E-state index contributed by atoms with van der Waals surface area (Å²) in [7, 11) is -4.12. The fourth-order valence-electron chi connectivity index (χ4n) is 3.73. The average molecular weight is 655 g/mol. The quantitative estimate of drug-likeness (QED) is 0.269. The summed E-state index contributed by atoms with van der Waals surface area (Å²) in [5.41, 5.74) is 0.948. The lowest BCUT2D eigenvalue weighted by Crippen LogP contribution is -2.51. The Bertz CT molecular complexity index is 1400. The van der Waals surface area contributed by atoms with Crippen molar-refractivity contribution in [2.24, 2.45) is 5.92 Å². The van der Waals surface area contributed by atoms with E-state index in [1.807, 2.05) is 13.8 Å². The molecular formula is C28H30BrCl2N3O4S. The van der Waals surface area contributed by atoms with Crippen LogP contribution in [-0.2, 0) is 26.2 Å². The Morgan fingerprint density at radius 1 is 0.923 bits per heavy atom. The molecule has 1 unspecified atom stereocenters. The van der Waals surface area contributed by atoms with E-state index in [1.54, 1.807) is 67.6 Å². The predicted octanol–water partition coefficient (Wildman–Crippen LogP) is 6.14. The van der Waals surface area contributed by atoms with E-state index in [-0.39, 0.29) is 23.3 Å². The normalized spacial score (nSPS) is 12.2. The number of rotatable bonds is 11. The van der Waals surface area contributed by atoms with E-state index < -0.39 is 28.5 Å². The third-order valence-electron chi connectivity index (χ3n) is 5.91. The molecule has 0 aliphatic heterocycles. The van der Waals surface area contributed by atoms with Crippen LogP contribution in [0.3, 0.4) is 0 Å². The highest BCUT2D eigenvalue weighted by Gasteiger charge is 2.32. The molecule has 0 fully saturated rings. The van der Waals surface area contributed by atoms with Gasteiger partial charge in [0.15, 0.2) is 0 Å². The zero-order valence-corrected chi connectivity index (χ0v) is 25.7. The minimum Gasteiger partial charge on any atom is -0.354 e. The molecule has 0 saturated heterocycles. The lowest BCUT2D eigenvalue weighted by Gasteiger charge is -2.32. The van der Waals surface area contributed by atoms with Gasteiger partial charge in [-0.3, -0.25) is 13.9 Å². The van der Waals surface area contributed by atoms with Crippen LogP contribution in [0.4, 0.5) is 5.69 Å². The molecule has 0 aliphatic carbocycles. The number of hydrogen-bond donors (Lipinski definition) is 1. The van der Waals surface area contributed by atoms with Gasteiger partial charge in [0, 0.05) is 17.6 Å². The number of benzene rings is 3. The van der Waals surface area contributed by atoms with Crippen LogP contribution in [-0.4, -0.2) is 44.3 Å². The molecule has 11 heteroatoms. The number of amides is 2. The Hall–Kier alpha value is -2.59. The number of nitrogens with one attached hydrogen (secondary N) is 1. The monoisotopic (exact) mass is 653 g/mol. The summed E-state index contributed by atoms with van der Waals surface area (Å²) in [4.78, 5) is 28.3. The summed E-state index contributed by atoms with van der Waals surface area (Å²) in [6, 6.07) is 18.6. The van der Waals surface area contributed by atoms with Gasteiger partial charge >= 0.3 is 0 Å². The predicted molar refractivity (Wildman–Crippen MR) is 159 cm³/mol. The van der Waals surface area contributed by atoms with E-state index in [4.69, 9.17) is 23.2 Å². The molecule has 2 amide bonds. The van der Waals surface area contributed by atoms with Gasteiger partial charge in [-0.1, -0.05) is 77.2 Å². The molecule has 1 N–H and O–H groups in total. The van der Waals surface area contributed by atoms with Crippen molar-refractivity contribution < 1.29 is 18.0 Å². The van der Waals surface area contributed by atoms with Crippen LogP contribution in [0.15, 0.2) is 82.2 Å². The number of nitrogens with zero attached hydrogens (tertiary/aromatic N) is 2. The second-order valence-corrected chi connectivity index (χ2v) is 13.0. The SMILES string of the molecule is CC(C)CNC(=O)C(C)N(Cc1ccc(Cl)c(Cl)c1)C(=O)CN(c1ccc(Br)cc1)S(=O)(=O)c1ccccc1. The summed E-state index contributed by atoms with van der Waals surface area (Å²) in [5.74, 6) is -0.696. The smallest absolute Gasteiger partial charge is 0.264 e. The van der Waals surface area contributed by atoms with Gasteiger partial charge < -0.3 is 10.2 Å². The molecule has 3 rings (SSSR count). The van der Waals surface area contributed by atoms with E-state index in [0.717, 1.165) is 8.78 Å². The van der Waals surface area contributed by atoms with Crippen molar-refractivity contribution in [1.29, 1.82) is 0 Å². The summed E-state index contributed by atoms with van der Waals surface area (Å²) >= 11 is 15.6. The van der Waals surface area contributed by atoms with E-state index >= 15 is 0 Å². The lowest BCUT2D eigenvalue weighted by molar-refractivity contribution is -0.139. The Balaban J connectivity index is 2.01. The van der Waals surface area contributed by atoms with Crippen molar-refractivity contribution in [3.05, 3.63) is 92.9 Å². The first-order valence-electron chi connectivity index (χ1n) is 12.2. The van der Waals surface area contributed by atoms with Crippen LogP contribution >= 0.6 is 39.1 Å². The molecular weight excluding hydrogens is 625 g/mol. The molecule has 3 aromatic carbocycles. The zero-order chi connectivity index (χ0) is 28.7. The summed E-state index contributed by atoms with van der Waals surface area (Å²) in [6.07, 6.45) is 0. The first kappa shape index (κ1) is 30.9. The summed E-state index contributed by atoms with van der Waals surface area (Å²) in [5, 5.41) is 3.52. The van der Waals surface area contributed by atoms with E-state index in [2.05, 4.69) is 21.2 Å². The molecule has 7 nitrogen and oxygen atoms in total. The highest BCUT2D eigenvalue weighted by molar-refractivity contribution is 9.10. The van der Waals surface area contributed by atoms with Gasteiger partial charge in [-0.25, -0.2) is 8.42 Å². The van der Waals surface area contributed by atoms with Crippen LogP contribution in [0.25, 0.3) is 0 Å². The third kappa shape index (κ3) is 8.20. The maximum Gasteiger partial charge on any atom is 0.264 e. The van der Waals surface area contributed by atoms with Crippen molar-refractivity contribution in [1.82, 2.24) is 10.2 Å². The minimum atomic E-state index is -4.12. The molecule has 0 aliphatic rings. The van der Waals surface area contributed by atoms with E-state index in [0.29, 0.717) is 27.8 Å². The highest BCUT2D eigenvalue weighted by atomic mass is 79.9. The van der Waals surface area contributed by atoms with Crippen molar-refractivity contribution >= 4 is 66.7 Å². The standard InChI is InChI=1S/C28H30BrCl2N3O4S/c1-19(2)16-32-28(36)20(3)33(17-21-9-14-25(30)26(31)15-21)27(35)18-34(23-12-10-22(29)11-13-23)39(37,38)24-7-5-4-6-8-24/h4-15,19-20H,16-18H2,1-3H3,(H,32,36). The van der Waals surface area contributed by atoms with Crippen LogP contribution in [0.1, 0.15) is 26.3 Å². The van der Waals surface area contributed by atoms with Crippen molar-refractivity contribution in [2.45, 2.75) is 38.3 Å². The molecule has 3 aromatic rings. The molecule has 1 atom stereocenters. The van der Waals surface area contributed by atoms with Crippen LogP contribution in [0.2, 0.25) is 10.0 Å². The second-order valence-electron chi connectivity index (χ2n) is 9.39. The van der Waals surface area contributed by atoms with Gasteiger partial charge in [0.05, 0.1) is 20.6 Å². The Labute approximate surface area is 248 Å². The van der Waals surface area contributed by atoms with Crippen molar-refractivity contribution in [2.75, 3.05) is 17.4 Å². The van der Waals surface area contributed by atoms with Gasteiger partial charge in [-0.2, -0.15) is 0 Å². The third-order valence-corrected chi connectivity index (χ3v) is 8.97. The Kier molecular flexibility index (Phi) is 10.8. The first-order chi connectivity index (χ1) is 18.4. The molecule has 0 bridgehead atoms. The van der Waals surface area contributed by atoms with Gasteiger partial charge in [0.1, 0.15) is 12.6 Å². The van der Waals surface area contributed by atoms with E-state index in [9.17, 15) is 18.0 Å². The van der Waals surface area contributed by atoms with E-state index in [1.165, 1.54) is 17.0 Å². The van der Waals surface area contributed by atoms with Gasteiger partial charge in [-0.15, -0.1) is 0 Å². The maximum absolute atomic E-state index is 13.9. The van der Waals surface area contributed by atoms with Gasteiger partial charge in [0.25, 0.3) is 10.0 Å². The average Bonchev–Trinajstić information content (AvgIpc) is 2.91. The lowest BCUT2D eigenvalue weighted by atomic mass is 10.1. The molecule has 208 valence electrons. The number of anilines is 1. The van der Waals surface area contributed by atoms with Crippen LogP contribution in [0, 0.1) is 5.92 Å². The fraction of sp³-hybridized carbons (Fsp3) is 0.286. The number of hydrogen-bond acceptors (Lipinski definition) is 4. The first-order valence-corrected chi connectivity index (χ1v) is 15.2. The Morgan fingerprint density at radius 3 is 2.15 bits per heavy atom. The van der Waals surface area contributed by atoms with Crippen molar-refractivity contribution in [3.63, 3.8) is 0 Å². The Morgan fingerprint density at radius 2 is 1.56 bits per heavy atom. The van der Waals surface area contributed by atoms with Crippen LogP contribution < -0.4 is 9.62 Å². The topological polar surface area (TPSA) is 86.8 Å². The van der Waals surface area contributed by atoms with Crippen molar-refractivity contribution in [3.8, 4) is 0 Å². The van der Waals surface area contributed by atoms with Gasteiger partial charge in [-0.05, 0) is 66.9 Å². The largest absolute Gasteiger partial charge is 0.354 e. The molecule has 0 radical (unpaired) electrons. The summed E-state index contributed by atoms with van der Waals surface area (Å²) < 4.78 is 29.3. The number of carbonyl (C=O) groups excluding carboxylic acids is 2. The van der Waals surface area contributed by atoms with Gasteiger partial charge in [0.2, 0.25) is 11.8 Å².